The molecule has 2 heterocycles. The van der Waals surface area contributed by atoms with E-state index in [1.165, 1.54) is 13.3 Å². The summed E-state index contributed by atoms with van der Waals surface area (Å²) < 4.78 is 6.70. The zero-order valence-corrected chi connectivity index (χ0v) is 11.8. The van der Waals surface area contributed by atoms with Crippen LogP contribution >= 0.6 is 11.6 Å². The summed E-state index contributed by atoms with van der Waals surface area (Å²) in [7, 11) is 1.44. The summed E-state index contributed by atoms with van der Waals surface area (Å²) in [6.07, 6.45) is 1.33. The molecule has 7 heteroatoms. The molecule has 0 radical (unpaired) electrons. The molecule has 2 aromatic heterocycles. The zero-order chi connectivity index (χ0) is 14.9. The van der Waals surface area contributed by atoms with E-state index in [4.69, 9.17) is 16.3 Å². The first kappa shape index (κ1) is 14.5. The van der Waals surface area contributed by atoms with Crippen LogP contribution in [0.4, 0.5) is 0 Å². The maximum absolute atomic E-state index is 12.3. The second-order valence-electron chi connectivity index (χ2n) is 4.15. The molecule has 0 unspecified atom stereocenters. The molecule has 0 fully saturated rings. The van der Waals surface area contributed by atoms with Gasteiger partial charge in [-0.1, -0.05) is 11.6 Å². The van der Waals surface area contributed by atoms with Gasteiger partial charge in [0.1, 0.15) is 11.1 Å². The minimum absolute atomic E-state index is 0.0210. The van der Waals surface area contributed by atoms with Crippen LogP contribution in [0.15, 0.2) is 17.1 Å². The predicted octanol–water partition coefficient (Wildman–Crippen LogP) is 1.91. The highest BCUT2D eigenvalue weighted by atomic mass is 35.5. The number of halogens is 1. The van der Waals surface area contributed by atoms with E-state index in [0.717, 1.165) is 0 Å². The lowest BCUT2D eigenvalue weighted by Crippen LogP contribution is -2.25. The Morgan fingerprint density at radius 1 is 1.55 bits per heavy atom. The lowest BCUT2D eigenvalue weighted by molar-refractivity contribution is 0.0688. The second kappa shape index (κ2) is 5.60. The maximum atomic E-state index is 12.3. The van der Waals surface area contributed by atoms with Gasteiger partial charge in [0.15, 0.2) is 0 Å². The Labute approximate surface area is 119 Å². The van der Waals surface area contributed by atoms with E-state index in [1.54, 1.807) is 10.6 Å². The number of ether oxygens (including phenoxy) is 1. The van der Waals surface area contributed by atoms with Gasteiger partial charge in [0.25, 0.3) is 0 Å². The number of aryl methyl sites for hydroxylation is 1. The van der Waals surface area contributed by atoms with Gasteiger partial charge in [-0.2, -0.15) is 0 Å². The fourth-order valence-electron chi connectivity index (χ4n) is 2.21. The maximum Gasteiger partial charge on any atom is 0.341 e. The van der Waals surface area contributed by atoms with Gasteiger partial charge in [-0.15, -0.1) is 0 Å². The quantitative estimate of drug-likeness (QED) is 0.932. The SMILES string of the molecule is CCn1c(COC)c(C(=O)O)c(=O)c2ncc(Cl)cc21. The van der Waals surface area contributed by atoms with Crippen molar-refractivity contribution in [2.45, 2.75) is 20.1 Å². The average Bonchev–Trinajstić information content (AvgIpc) is 2.38. The van der Waals surface area contributed by atoms with E-state index in [-0.39, 0.29) is 17.7 Å². The fourth-order valence-corrected chi connectivity index (χ4v) is 2.36. The molecule has 0 aromatic carbocycles. The van der Waals surface area contributed by atoms with E-state index in [1.807, 2.05) is 6.92 Å². The normalized spacial score (nSPS) is 10.9. The van der Waals surface area contributed by atoms with E-state index < -0.39 is 11.4 Å². The molecule has 0 saturated carbocycles. The van der Waals surface area contributed by atoms with Crippen LogP contribution in [-0.2, 0) is 17.9 Å². The highest BCUT2D eigenvalue weighted by Gasteiger charge is 2.22. The van der Waals surface area contributed by atoms with E-state index in [0.29, 0.717) is 22.8 Å². The molecule has 2 aromatic rings. The van der Waals surface area contributed by atoms with E-state index in [9.17, 15) is 14.7 Å². The number of carboxylic acid groups (broad SMARTS) is 1. The summed E-state index contributed by atoms with van der Waals surface area (Å²) in [5, 5.41) is 9.66. The summed E-state index contributed by atoms with van der Waals surface area (Å²) in [5.41, 5.74) is -0.0310. The molecule has 0 aliphatic heterocycles. The number of pyridine rings is 2. The van der Waals surface area contributed by atoms with Crippen molar-refractivity contribution in [1.82, 2.24) is 9.55 Å². The highest BCUT2D eigenvalue weighted by Crippen LogP contribution is 2.19. The Balaban J connectivity index is 3.00. The molecule has 1 N–H and O–H groups in total. The van der Waals surface area contributed by atoms with Gasteiger partial charge in [0, 0.05) is 19.9 Å². The Kier molecular flexibility index (Phi) is 4.06. The van der Waals surface area contributed by atoms with Crippen LogP contribution in [0.1, 0.15) is 23.0 Å². The fraction of sp³-hybridized carbons (Fsp3) is 0.308. The molecule has 20 heavy (non-hydrogen) atoms. The van der Waals surface area contributed by atoms with Crippen molar-refractivity contribution >= 4 is 28.6 Å². The summed E-state index contributed by atoms with van der Waals surface area (Å²) >= 11 is 5.91. The van der Waals surface area contributed by atoms with E-state index in [2.05, 4.69) is 4.98 Å². The van der Waals surface area contributed by atoms with Gasteiger partial charge in [0.05, 0.1) is 22.8 Å². The monoisotopic (exact) mass is 296 g/mol. The van der Waals surface area contributed by atoms with Gasteiger partial charge in [-0.25, -0.2) is 9.78 Å². The minimum atomic E-state index is -1.29. The van der Waals surface area contributed by atoms with Gasteiger partial charge in [-0.05, 0) is 13.0 Å². The molecule has 106 valence electrons. The van der Waals surface area contributed by atoms with Crippen LogP contribution in [0.25, 0.3) is 11.0 Å². The van der Waals surface area contributed by atoms with Gasteiger partial charge in [0.2, 0.25) is 5.43 Å². The molecule has 0 amide bonds. The molecular formula is C13H13ClN2O4. The lowest BCUT2D eigenvalue weighted by atomic mass is 10.1. The number of aromatic carboxylic acids is 1. The number of nitrogens with zero attached hydrogens (tertiary/aromatic N) is 2. The third-order valence-electron chi connectivity index (χ3n) is 2.99. The zero-order valence-electron chi connectivity index (χ0n) is 11.0. The summed E-state index contributed by atoms with van der Waals surface area (Å²) in [6, 6.07) is 1.60. The van der Waals surface area contributed by atoms with E-state index >= 15 is 0 Å². The van der Waals surface area contributed by atoms with Crippen molar-refractivity contribution < 1.29 is 14.6 Å². The number of aromatic nitrogens is 2. The summed E-state index contributed by atoms with van der Waals surface area (Å²) in [5.74, 6) is -1.29. The van der Waals surface area contributed by atoms with Crippen LogP contribution in [0, 0.1) is 0 Å². The molecule has 6 nitrogen and oxygen atoms in total. The minimum Gasteiger partial charge on any atom is -0.477 e. The first-order valence-corrected chi connectivity index (χ1v) is 6.32. The third-order valence-corrected chi connectivity index (χ3v) is 3.20. The van der Waals surface area contributed by atoms with Crippen molar-refractivity contribution in [2.24, 2.45) is 0 Å². The number of methoxy groups -OCH3 is 1. The lowest BCUT2D eigenvalue weighted by Gasteiger charge is -2.16. The van der Waals surface area contributed by atoms with Crippen LogP contribution in [0.2, 0.25) is 5.02 Å². The number of carbonyl (C=O) groups is 1. The Hall–Kier alpha value is -1.92. The predicted molar refractivity (Wildman–Crippen MR) is 74.4 cm³/mol. The molecule has 2 rings (SSSR count). The Morgan fingerprint density at radius 2 is 2.25 bits per heavy atom. The molecule has 0 bridgehead atoms. The van der Waals surface area contributed by atoms with Crippen molar-refractivity contribution in [3.05, 3.63) is 38.8 Å². The molecule has 0 aliphatic rings. The van der Waals surface area contributed by atoms with Crippen molar-refractivity contribution in [3.63, 3.8) is 0 Å². The van der Waals surface area contributed by atoms with Gasteiger partial charge >= 0.3 is 5.97 Å². The Morgan fingerprint density at radius 3 is 2.80 bits per heavy atom. The molecule has 0 spiro atoms. The first-order chi connectivity index (χ1) is 9.51. The molecule has 0 atom stereocenters. The highest BCUT2D eigenvalue weighted by molar-refractivity contribution is 6.31. The number of hydrogen-bond donors (Lipinski definition) is 1. The van der Waals surface area contributed by atoms with Crippen molar-refractivity contribution in [2.75, 3.05) is 7.11 Å². The van der Waals surface area contributed by atoms with Crippen molar-refractivity contribution in [3.8, 4) is 0 Å². The summed E-state index contributed by atoms with van der Waals surface area (Å²) in [6.45, 7) is 2.33. The van der Waals surface area contributed by atoms with Crippen LogP contribution in [0.5, 0.6) is 0 Å². The van der Waals surface area contributed by atoms with Crippen LogP contribution in [-0.4, -0.2) is 27.7 Å². The largest absolute Gasteiger partial charge is 0.477 e. The first-order valence-electron chi connectivity index (χ1n) is 5.94. The number of rotatable bonds is 4. The molecule has 0 saturated heterocycles. The summed E-state index contributed by atoms with van der Waals surface area (Å²) in [4.78, 5) is 27.6. The van der Waals surface area contributed by atoms with Crippen molar-refractivity contribution in [1.29, 1.82) is 0 Å². The average molecular weight is 297 g/mol. The Bertz CT molecular complexity index is 739. The second-order valence-corrected chi connectivity index (χ2v) is 4.59. The molecule has 0 aliphatic carbocycles. The third kappa shape index (κ3) is 2.28. The smallest absolute Gasteiger partial charge is 0.341 e. The van der Waals surface area contributed by atoms with Gasteiger partial charge in [-0.3, -0.25) is 4.79 Å². The number of carboxylic acids is 1. The topological polar surface area (TPSA) is 81.4 Å². The van der Waals surface area contributed by atoms with Crippen LogP contribution < -0.4 is 5.43 Å². The number of hydrogen-bond acceptors (Lipinski definition) is 4. The standard InChI is InChI=1S/C13H13ClN2O4/c1-3-16-8-4-7(14)5-15-11(8)12(17)10(13(18)19)9(16)6-20-2/h4-5H,3,6H2,1-2H3,(H,18,19). The number of fused-ring (bicyclic) bond motifs is 1. The molecular weight excluding hydrogens is 284 g/mol. The van der Waals surface area contributed by atoms with Crippen LogP contribution in [0.3, 0.4) is 0 Å². The van der Waals surface area contributed by atoms with Gasteiger partial charge < -0.3 is 14.4 Å².